The zero-order chi connectivity index (χ0) is 20.9. The van der Waals surface area contributed by atoms with Crippen LogP contribution in [0.5, 0.6) is 5.75 Å². The number of piperazine rings is 1. The second-order valence-electron chi connectivity index (χ2n) is 8.14. The maximum absolute atomic E-state index is 13.0. The first kappa shape index (κ1) is 20.4. The number of hydrogen-bond acceptors (Lipinski definition) is 6. The Balaban J connectivity index is 1.40. The van der Waals surface area contributed by atoms with Gasteiger partial charge in [-0.2, -0.15) is 0 Å². The fourth-order valence-electron chi connectivity index (χ4n) is 4.31. The van der Waals surface area contributed by atoms with E-state index in [1.54, 1.807) is 6.33 Å². The Bertz CT molecular complexity index is 866. The third kappa shape index (κ3) is 4.50. The standard InChI is InChI=1S/C23H31N5O2/c1-3-30-20-9-5-4-8-19(20)23(29)27-13-11-26(12-14-27)21-15-22(25-17-24-21)28-10-6-7-18(2)16-28/h4-5,8-9,15,17-18H,3,6-7,10-14,16H2,1-2H3. The molecule has 3 heterocycles. The van der Waals surface area contributed by atoms with E-state index in [0.717, 1.165) is 37.8 Å². The summed E-state index contributed by atoms with van der Waals surface area (Å²) in [5.74, 6) is 3.34. The van der Waals surface area contributed by atoms with Crippen molar-refractivity contribution in [2.45, 2.75) is 26.7 Å². The predicted octanol–water partition coefficient (Wildman–Crippen LogP) is 3.07. The van der Waals surface area contributed by atoms with Gasteiger partial charge in [-0.3, -0.25) is 4.79 Å². The van der Waals surface area contributed by atoms with Crippen molar-refractivity contribution in [1.29, 1.82) is 0 Å². The van der Waals surface area contributed by atoms with Crippen molar-refractivity contribution >= 4 is 17.5 Å². The summed E-state index contributed by atoms with van der Waals surface area (Å²) in [7, 11) is 0. The van der Waals surface area contributed by atoms with E-state index >= 15 is 0 Å². The number of carbonyl (C=O) groups excluding carboxylic acids is 1. The average Bonchev–Trinajstić information content (AvgIpc) is 2.79. The van der Waals surface area contributed by atoms with Gasteiger partial charge in [0.15, 0.2) is 0 Å². The molecule has 160 valence electrons. The SMILES string of the molecule is CCOc1ccccc1C(=O)N1CCN(c2cc(N3CCCC(C)C3)ncn2)CC1. The molecule has 0 saturated carbocycles. The van der Waals surface area contributed by atoms with Gasteiger partial charge >= 0.3 is 0 Å². The molecule has 0 N–H and O–H groups in total. The van der Waals surface area contributed by atoms with E-state index in [4.69, 9.17) is 4.74 Å². The summed E-state index contributed by atoms with van der Waals surface area (Å²) in [6.07, 6.45) is 4.17. The van der Waals surface area contributed by atoms with E-state index in [0.29, 0.717) is 36.9 Å². The molecule has 0 radical (unpaired) electrons. The van der Waals surface area contributed by atoms with Crippen LogP contribution in [-0.2, 0) is 0 Å². The molecule has 2 aliphatic heterocycles. The minimum atomic E-state index is 0.0318. The van der Waals surface area contributed by atoms with E-state index in [-0.39, 0.29) is 5.91 Å². The lowest BCUT2D eigenvalue weighted by Crippen LogP contribution is -2.49. The highest BCUT2D eigenvalue weighted by molar-refractivity contribution is 5.97. The van der Waals surface area contributed by atoms with Gasteiger partial charge in [-0.05, 0) is 37.8 Å². The van der Waals surface area contributed by atoms with Gasteiger partial charge < -0.3 is 19.4 Å². The Kier molecular flexibility index (Phi) is 6.35. The van der Waals surface area contributed by atoms with Gasteiger partial charge in [-0.1, -0.05) is 19.1 Å². The van der Waals surface area contributed by atoms with Crippen LogP contribution in [0.4, 0.5) is 11.6 Å². The summed E-state index contributed by atoms with van der Waals surface area (Å²) in [6.45, 7) is 9.74. The number of ether oxygens (including phenoxy) is 1. The van der Waals surface area contributed by atoms with Gasteiger partial charge in [0.25, 0.3) is 5.91 Å². The van der Waals surface area contributed by atoms with E-state index in [9.17, 15) is 4.79 Å². The lowest BCUT2D eigenvalue weighted by molar-refractivity contribution is 0.0742. The van der Waals surface area contributed by atoms with E-state index in [1.807, 2.05) is 36.1 Å². The maximum Gasteiger partial charge on any atom is 0.257 e. The van der Waals surface area contributed by atoms with Crippen LogP contribution in [-0.4, -0.2) is 66.7 Å². The van der Waals surface area contributed by atoms with Gasteiger partial charge in [0.1, 0.15) is 23.7 Å². The highest BCUT2D eigenvalue weighted by atomic mass is 16.5. The smallest absolute Gasteiger partial charge is 0.257 e. The summed E-state index contributed by atoms with van der Waals surface area (Å²) in [5, 5.41) is 0. The average molecular weight is 410 g/mol. The summed E-state index contributed by atoms with van der Waals surface area (Å²) < 4.78 is 5.64. The highest BCUT2D eigenvalue weighted by Gasteiger charge is 2.25. The molecule has 4 rings (SSSR count). The van der Waals surface area contributed by atoms with Gasteiger partial charge in [0.05, 0.1) is 12.2 Å². The lowest BCUT2D eigenvalue weighted by Gasteiger charge is -2.36. The largest absolute Gasteiger partial charge is 0.493 e. The summed E-state index contributed by atoms with van der Waals surface area (Å²) in [6, 6.07) is 9.58. The highest BCUT2D eigenvalue weighted by Crippen LogP contribution is 2.25. The Hall–Kier alpha value is -2.83. The van der Waals surface area contributed by atoms with Crippen molar-refractivity contribution in [3.8, 4) is 5.75 Å². The van der Waals surface area contributed by atoms with Gasteiger partial charge in [0, 0.05) is 45.3 Å². The fraction of sp³-hybridized carbons (Fsp3) is 0.522. The van der Waals surface area contributed by atoms with Crippen LogP contribution < -0.4 is 14.5 Å². The quantitative estimate of drug-likeness (QED) is 0.756. The Morgan fingerprint density at radius 3 is 2.53 bits per heavy atom. The lowest BCUT2D eigenvalue weighted by atomic mass is 10.0. The molecule has 1 aromatic heterocycles. The second-order valence-corrected chi connectivity index (χ2v) is 8.14. The molecule has 7 heteroatoms. The summed E-state index contributed by atoms with van der Waals surface area (Å²) >= 11 is 0. The molecule has 1 amide bonds. The molecule has 0 aliphatic carbocycles. The minimum absolute atomic E-state index is 0.0318. The number of anilines is 2. The number of hydrogen-bond donors (Lipinski definition) is 0. The summed E-state index contributed by atoms with van der Waals surface area (Å²) in [5.41, 5.74) is 0.636. The van der Waals surface area contributed by atoms with E-state index < -0.39 is 0 Å². The van der Waals surface area contributed by atoms with Crippen molar-refractivity contribution < 1.29 is 9.53 Å². The van der Waals surface area contributed by atoms with Crippen molar-refractivity contribution in [1.82, 2.24) is 14.9 Å². The number of aromatic nitrogens is 2. The Morgan fingerprint density at radius 2 is 1.80 bits per heavy atom. The molecule has 30 heavy (non-hydrogen) atoms. The number of para-hydroxylation sites is 1. The van der Waals surface area contributed by atoms with Crippen molar-refractivity contribution in [2.75, 3.05) is 55.7 Å². The zero-order valence-electron chi connectivity index (χ0n) is 18.0. The van der Waals surface area contributed by atoms with Crippen LogP contribution in [0.25, 0.3) is 0 Å². The van der Waals surface area contributed by atoms with Crippen molar-refractivity contribution in [2.24, 2.45) is 5.92 Å². The number of benzene rings is 1. The number of rotatable bonds is 5. The molecule has 2 saturated heterocycles. The third-order valence-corrected chi connectivity index (χ3v) is 5.93. The van der Waals surface area contributed by atoms with E-state index in [1.165, 1.54) is 12.8 Å². The van der Waals surface area contributed by atoms with Crippen LogP contribution in [0.3, 0.4) is 0 Å². The molecule has 7 nitrogen and oxygen atoms in total. The summed E-state index contributed by atoms with van der Waals surface area (Å²) in [4.78, 5) is 28.6. The van der Waals surface area contributed by atoms with E-state index in [2.05, 4.69) is 32.8 Å². The molecule has 0 spiro atoms. The van der Waals surface area contributed by atoms with Gasteiger partial charge in [0.2, 0.25) is 0 Å². The van der Waals surface area contributed by atoms with Crippen LogP contribution in [0.15, 0.2) is 36.7 Å². The van der Waals surface area contributed by atoms with Crippen molar-refractivity contribution in [3.05, 3.63) is 42.2 Å². The molecule has 1 atom stereocenters. The van der Waals surface area contributed by atoms with Crippen LogP contribution >= 0.6 is 0 Å². The first-order valence-corrected chi connectivity index (χ1v) is 11.0. The maximum atomic E-state index is 13.0. The first-order valence-electron chi connectivity index (χ1n) is 11.0. The predicted molar refractivity (Wildman–Crippen MR) is 118 cm³/mol. The second kappa shape index (κ2) is 9.32. The molecule has 1 unspecified atom stereocenters. The number of carbonyl (C=O) groups is 1. The first-order chi connectivity index (χ1) is 14.7. The number of amides is 1. The number of piperidine rings is 1. The normalized spacial score (nSPS) is 19.7. The van der Waals surface area contributed by atoms with Crippen molar-refractivity contribution in [3.63, 3.8) is 0 Å². The molecule has 2 aliphatic rings. The monoisotopic (exact) mass is 409 g/mol. The molecule has 2 aromatic rings. The van der Waals surface area contributed by atoms with Crippen LogP contribution in [0.2, 0.25) is 0 Å². The van der Waals surface area contributed by atoms with Gasteiger partial charge in [-0.15, -0.1) is 0 Å². The molecule has 0 bridgehead atoms. The Morgan fingerprint density at radius 1 is 1.07 bits per heavy atom. The van der Waals surface area contributed by atoms with Gasteiger partial charge in [-0.25, -0.2) is 9.97 Å². The fourth-order valence-corrected chi connectivity index (χ4v) is 4.31. The Labute approximate surface area is 178 Å². The molecular formula is C23H31N5O2. The third-order valence-electron chi connectivity index (χ3n) is 5.93. The topological polar surface area (TPSA) is 61.8 Å². The zero-order valence-corrected chi connectivity index (χ0v) is 18.0. The number of nitrogens with zero attached hydrogens (tertiary/aromatic N) is 5. The molecule has 2 fully saturated rings. The van der Waals surface area contributed by atoms with Crippen LogP contribution in [0, 0.1) is 5.92 Å². The minimum Gasteiger partial charge on any atom is -0.493 e. The van der Waals surface area contributed by atoms with Crippen LogP contribution in [0.1, 0.15) is 37.0 Å². The molecule has 1 aromatic carbocycles. The molecular weight excluding hydrogens is 378 g/mol.